The van der Waals surface area contributed by atoms with E-state index in [-0.39, 0.29) is 13.2 Å². The average Bonchev–Trinajstić information content (AvgIpc) is 2.30. The summed E-state index contributed by atoms with van der Waals surface area (Å²) in [4.78, 5) is 28.0. The van der Waals surface area contributed by atoms with Gasteiger partial charge in [-0.05, 0) is 13.8 Å². The molecular formula is C10H14N2O4. The van der Waals surface area contributed by atoms with Crippen LogP contribution in [0.25, 0.3) is 0 Å². The van der Waals surface area contributed by atoms with E-state index in [0.717, 1.165) is 4.90 Å². The number of amides is 1. The molecule has 1 amide bonds. The lowest BCUT2D eigenvalue weighted by Crippen LogP contribution is -2.45. The van der Waals surface area contributed by atoms with Crippen molar-refractivity contribution >= 4 is 18.3 Å². The minimum Gasteiger partial charge on any atom is -0.464 e. The molecule has 0 saturated carbocycles. The number of hydrogen-bond donors (Lipinski definition) is 0. The fourth-order valence-corrected chi connectivity index (χ4v) is 1.18. The maximum absolute atomic E-state index is 11.5. The molecular weight excluding hydrogens is 212 g/mol. The summed E-state index contributed by atoms with van der Waals surface area (Å²) >= 11 is 0. The maximum Gasteiger partial charge on any atom is 0.414 e. The molecule has 1 aliphatic rings. The third-order valence-electron chi connectivity index (χ3n) is 1.85. The molecule has 0 aromatic heterocycles. The number of nitrogens with zero attached hydrogens (tertiary/aromatic N) is 2. The van der Waals surface area contributed by atoms with Gasteiger partial charge in [0.15, 0.2) is 6.04 Å². The third kappa shape index (κ3) is 2.82. The van der Waals surface area contributed by atoms with E-state index in [2.05, 4.69) is 4.99 Å². The van der Waals surface area contributed by atoms with Gasteiger partial charge in [-0.1, -0.05) is 0 Å². The van der Waals surface area contributed by atoms with Gasteiger partial charge in [0.1, 0.15) is 0 Å². The highest BCUT2D eigenvalue weighted by Gasteiger charge is 2.30. The van der Waals surface area contributed by atoms with E-state index >= 15 is 0 Å². The Morgan fingerprint density at radius 1 is 1.31 bits per heavy atom. The number of rotatable bonds is 3. The lowest BCUT2D eigenvalue weighted by atomic mass is 10.3. The number of aliphatic imine (C=N–C) groups is 1. The first-order valence-corrected chi connectivity index (χ1v) is 5.02. The van der Waals surface area contributed by atoms with Gasteiger partial charge in [0.2, 0.25) is 0 Å². The maximum atomic E-state index is 11.5. The van der Waals surface area contributed by atoms with E-state index < -0.39 is 18.1 Å². The van der Waals surface area contributed by atoms with E-state index in [1.807, 2.05) is 0 Å². The van der Waals surface area contributed by atoms with Crippen molar-refractivity contribution in [2.45, 2.75) is 19.9 Å². The molecule has 0 aliphatic carbocycles. The highest BCUT2D eigenvalue weighted by atomic mass is 16.6. The Bertz CT molecular complexity index is 293. The topological polar surface area (TPSA) is 68.2 Å². The molecule has 0 aromatic rings. The summed E-state index contributed by atoms with van der Waals surface area (Å²) in [5.74, 6) is -0.524. The SMILES string of the molecule is CCOC(=O)C1C=NC=CN1C(=O)OCC. The van der Waals surface area contributed by atoms with Crippen molar-refractivity contribution in [2.75, 3.05) is 13.2 Å². The van der Waals surface area contributed by atoms with Crippen LogP contribution in [-0.4, -0.2) is 42.4 Å². The predicted octanol–water partition coefficient (Wildman–Crippen LogP) is 0.932. The minimum absolute atomic E-state index is 0.246. The van der Waals surface area contributed by atoms with E-state index in [0.29, 0.717) is 0 Å². The first-order chi connectivity index (χ1) is 7.70. The molecule has 88 valence electrons. The van der Waals surface area contributed by atoms with Gasteiger partial charge in [0, 0.05) is 18.6 Å². The van der Waals surface area contributed by atoms with E-state index in [9.17, 15) is 9.59 Å². The molecule has 16 heavy (non-hydrogen) atoms. The van der Waals surface area contributed by atoms with E-state index in [4.69, 9.17) is 9.47 Å². The molecule has 0 N–H and O–H groups in total. The van der Waals surface area contributed by atoms with Gasteiger partial charge < -0.3 is 9.47 Å². The van der Waals surface area contributed by atoms with Crippen LogP contribution in [0.15, 0.2) is 17.4 Å². The van der Waals surface area contributed by atoms with Crippen LogP contribution < -0.4 is 0 Å². The van der Waals surface area contributed by atoms with Crippen LogP contribution in [0.1, 0.15) is 13.8 Å². The van der Waals surface area contributed by atoms with Gasteiger partial charge in [-0.25, -0.2) is 9.59 Å². The Labute approximate surface area is 93.5 Å². The predicted molar refractivity (Wildman–Crippen MR) is 56.9 cm³/mol. The Morgan fingerprint density at radius 2 is 2.00 bits per heavy atom. The van der Waals surface area contributed by atoms with Crippen molar-refractivity contribution < 1.29 is 19.1 Å². The molecule has 0 radical (unpaired) electrons. The molecule has 0 aromatic carbocycles. The molecule has 1 atom stereocenters. The Balaban J connectivity index is 2.73. The van der Waals surface area contributed by atoms with Gasteiger partial charge >= 0.3 is 12.1 Å². The molecule has 0 bridgehead atoms. The molecule has 0 fully saturated rings. The second kappa shape index (κ2) is 5.89. The monoisotopic (exact) mass is 226 g/mol. The van der Waals surface area contributed by atoms with Crippen LogP contribution in [-0.2, 0) is 14.3 Å². The summed E-state index contributed by atoms with van der Waals surface area (Å²) in [6, 6.07) is -0.844. The van der Waals surface area contributed by atoms with Gasteiger partial charge in [-0.15, -0.1) is 0 Å². The van der Waals surface area contributed by atoms with Crippen molar-refractivity contribution in [2.24, 2.45) is 4.99 Å². The smallest absolute Gasteiger partial charge is 0.414 e. The average molecular weight is 226 g/mol. The van der Waals surface area contributed by atoms with Crippen LogP contribution in [0.4, 0.5) is 4.79 Å². The van der Waals surface area contributed by atoms with Gasteiger partial charge in [0.05, 0.1) is 13.2 Å². The normalized spacial score (nSPS) is 18.4. The Hall–Kier alpha value is -1.85. The van der Waals surface area contributed by atoms with Crippen molar-refractivity contribution in [3.8, 4) is 0 Å². The standard InChI is InChI=1S/C10H14N2O4/c1-3-15-9(13)8-7-11-5-6-12(8)10(14)16-4-2/h5-8H,3-4H2,1-2H3. The number of ether oxygens (including phenoxy) is 2. The highest BCUT2D eigenvalue weighted by Crippen LogP contribution is 2.08. The summed E-state index contributed by atoms with van der Waals surface area (Å²) in [7, 11) is 0. The lowest BCUT2D eigenvalue weighted by molar-refractivity contribution is -0.145. The Morgan fingerprint density at radius 3 is 2.62 bits per heavy atom. The van der Waals surface area contributed by atoms with Gasteiger partial charge in [0.25, 0.3) is 0 Å². The summed E-state index contributed by atoms with van der Waals surface area (Å²) in [6.45, 7) is 3.89. The fraction of sp³-hybridized carbons (Fsp3) is 0.500. The van der Waals surface area contributed by atoms with E-state index in [1.165, 1.54) is 18.6 Å². The molecule has 1 rings (SSSR count). The van der Waals surface area contributed by atoms with Crippen molar-refractivity contribution in [1.82, 2.24) is 4.90 Å². The minimum atomic E-state index is -0.844. The molecule has 1 unspecified atom stereocenters. The summed E-state index contributed by atoms with van der Waals surface area (Å²) in [5.41, 5.74) is 0. The van der Waals surface area contributed by atoms with Crippen LogP contribution in [0.2, 0.25) is 0 Å². The summed E-state index contributed by atoms with van der Waals surface area (Å²) < 4.78 is 9.63. The molecule has 1 heterocycles. The van der Waals surface area contributed by atoms with Crippen LogP contribution in [0, 0.1) is 0 Å². The fourth-order valence-electron chi connectivity index (χ4n) is 1.18. The quantitative estimate of drug-likeness (QED) is 0.671. The molecule has 0 saturated heterocycles. The number of carbonyl (C=O) groups is 2. The highest BCUT2D eigenvalue weighted by molar-refractivity contribution is 5.98. The van der Waals surface area contributed by atoms with Gasteiger partial charge in [-0.3, -0.25) is 9.89 Å². The Kier molecular flexibility index (Phi) is 4.50. The number of esters is 1. The number of hydrogen-bond acceptors (Lipinski definition) is 5. The van der Waals surface area contributed by atoms with Crippen LogP contribution >= 0.6 is 0 Å². The van der Waals surface area contributed by atoms with E-state index in [1.54, 1.807) is 13.8 Å². The first-order valence-electron chi connectivity index (χ1n) is 5.02. The third-order valence-corrected chi connectivity index (χ3v) is 1.85. The van der Waals surface area contributed by atoms with Crippen molar-refractivity contribution in [3.63, 3.8) is 0 Å². The molecule has 6 nitrogen and oxygen atoms in total. The second-order valence-corrected chi connectivity index (χ2v) is 2.90. The first kappa shape index (κ1) is 12.2. The lowest BCUT2D eigenvalue weighted by Gasteiger charge is -2.24. The van der Waals surface area contributed by atoms with Crippen LogP contribution in [0.5, 0.6) is 0 Å². The summed E-state index contributed by atoms with van der Waals surface area (Å²) in [6.07, 6.45) is 3.55. The summed E-state index contributed by atoms with van der Waals surface area (Å²) in [5, 5.41) is 0. The second-order valence-electron chi connectivity index (χ2n) is 2.90. The molecule has 1 aliphatic heterocycles. The zero-order valence-corrected chi connectivity index (χ0v) is 9.25. The zero-order valence-electron chi connectivity index (χ0n) is 9.25. The van der Waals surface area contributed by atoms with Crippen molar-refractivity contribution in [1.29, 1.82) is 0 Å². The molecule has 0 spiro atoms. The largest absolute Gasteiger partial charge is 0.464 e. The molecule has 6 heteroatoms. The van der Waals surface area contributed by atoms with Gasteiger partial charge in [-0.2, -0.15) is 0 Å². The van der Waals surface area contributed by atoms with Crippen LogP contribution in [0.3, 0.4) is 0 Å². The van der Waals surface area contributed by atoms with Crippen molar-refractivity contribution in [3.05, 3.63) is 12.4 Å². The zero-order chi connectivity index (χ0) is 12.0. The number of carbonyl (C=O) groups excluding carboxylic acids is 2.